The van der Waals surface area contributed by atoms with Crippen LogP contribution in [0.15, 0.2) is 29.1 Å². The Kier molecular flexibility index (Phi) is 4.32. The van der Waals surface area contributed by atoms with E-state index in [1.165, 1.54) is 5.56 Å². The molecule has 1 aromatic carbocycles. The lowest BCUT2D eigenvalue weighted by Gasteiger charge is -2.19. The largest absolute Gasteiger partial charge is 0.306 e. The van der Waals surface area contributed by atoms with Gasteiger partial charge in [-0.15, -0.1) is 0 Å². The summed E-state index contributed by atoms with van der Waals surface area (Å²) < 4.78 is 0.670. The van der Waals surface area contributed by atoms with Crippen LogP contribution in [-0.2, 0) is 11.8 Å². The number of benzene rings is 1. The number of aryl methyl sites for hydroxylation is 1. The molecule has 0 unspecified atom stereocenters. The van der Waals surface area contributed by atoms with E-state index >= 15 is 0 Å². The van der Waals surface area contributed by atoms with Gasteiger partial charge in [0.25, 0.3) is 5.56 Å². The lowest BCUT2D eigenvalue weighted by molar-refractivity contribution is 0.562. The highest BCUT2D eigenvalue weighted by molar-refractivity contribution is 14.1. The number of rotatable bonds is 2. The van der Waals surface area contributed by atoms with Crippen molar-refractivity contribution >= 4 is 22.6 Å². The highest BCUT2D eigenvalue weighted by Crippen LogP contribution is 2.25. The average Bonchev–Trinajstić information content (AvgIpc) is 2.40. The first-order valence-corrected chi connectivity index (χ1v) is 7.80. The Morgan fingerprint density at radius 2 is 1.80 bits per heavy atom. The number of H-pyrrole nitrogens is 1. The number of aromatic amines is 1. The lowest BCUT2D eigenvalue weighted by atomic mass is 9.92. The Balaban J connectivity index is 2.57. The fourth-order valence-electron chi connectivity index (χ4n) is 1.99. The first-order chi connectivity index (χ1) is 9.32. The van der Waals surface area contributed by atoms with Crippen LogP contribution in [0, 0.1) is 3.57 Å². The maximum Gasteiger partial charge on any atom is 0.264 e. The first kappa shape index (κ1) is 15.2. The second kappa shape index (κ2) is 5.68. The second-order valence-corrected chi connectivity index (χ2v) is 6.96. The monoisotopic (exact) mass is 382 g/mol. The van der Waals surface area contributed by atoms with Crippen LogP contribution in [0.25, 0.3) is 11.4 Å². The van der Waals surface area contributed by atoms with Gasteiger partial charge < -0.3 is 4.98 Å². The van der Waals surface area contributed by atoms with Crippen LogP contribution in [0.3, 0.4) is 0 Å². The fourth-order valence-corrected chi connectivity index (χ4v) is 3.06. The summed E-state index contributed by atoms with van der Waals surface area (Å²) in [6, 6.07) is 8.17. The molecule has 2 aromatic rings. The zero-order chi connectivity index (χ0) is 14.9. The standard InChI is InChI=1S/C16H19IN2O/c1-5-10-6-8-11(9-7-10)14-18-13(16(2,3)4)12(17)15(20)19-14/h6-9H,5H2,1-4H3,(H,18,19,20). The van der Waals surface area contributed by atoms with E-state index in [4.69, 9.17) is 0 Å². The fraction of sp³-hybridized carbons (Fsp3) is 0.375. The molecule has 0 aliphatic carbocycles. The maximum atomic E-state index is 12.1. The predicted molar refractivity (Wildman–Crippen MR) is 91.1 cm³/mol. The van der Waals surface area contributed by atoms with Gasteiger partial charge in [-0.3, -0.25) is 4.79 Å². The minimum Gasteiger partial charge on any atom is -0.306 e. The zero-order valence-corrected chi connectivity index (χ0v) is 14.4. The third-order valence-corrected chi connectivity index (χ3v) is 4.21. The smallest absolute Gasteiger partial charge is 0.264 e. The summed E-state index contributed by atoms with van der Waals surface area (Å²) in [6.45, 7) is 8.33. The minimum absolute atomic E-state index is 0.0694. The van der Waals surface area contributed by atoms with Gasteiger partial charge in [0.2, 0.25) is 0 Å². The van der Waals surface area contributed by atoms with Crippen molar-refractivity contribution in [3.05, 3.63) is 49.4 Å². The van der Waals surface area contributed by atoms with Gasteiger partial charge in [0.15, 0.2) is 0 Å². The number of halogens is 1. The van der Waals surface area contributed by atoms with E-state index in [-0.39, 0.29) is 11.0 Å². The molecule has 4 heteroatoms. The molecule has 0 aliphatic heterocycles. The molecule has 1 N–H and O–H groups in total. The molecule has 106 valence electrons. The van der Waals surface area contributed by atoms with Crippen molar-refractivity contribution in [3.63, 3.8) is 0 Å². The molecule has 0 spiro atoms. The van der Waals surface area contributed by atoms with Gasteiger partial charge in [-0.2, -0.15) is 0 Å². The van der Waals surface area contributed by atoms with Gasteiger partial charge in [0.1, 0.15) is 9.39 Å². The lowest BCUT2D eigenvalue weighted by Crippen LogP contribution is -2.24. The van der Waals surface area contributed by atoms with Crippen LogP contribution in [0.4, 0.5) is 0 Å². The molecule has 20 heavy (non-hydrogen) atoms. The zero-order valence-electron chi connectivity index (χ0n) is 12.2. The van der Waals surface area contributed by atoms with E-state index in [2.05, 4.69) is 72.4 Å². The van der Waals surface area contributed by atoms with Crippen LogP contribution in [0.2, 0.25) is 0 Å². The molecular weight excluding hydrogens is 363 g/mol. The van der Waals surface area contributed by atoms with Crippen molar-refractivity contribution in [2.75, 3.05) is 0 Å². The summed E-state index contributed by atoms with van der Waals surface area (Å²) in [5.41, 5.74) is 2.85. The van der Waals surface area contributed by atoms with Crippen molar-refractivity contribution in [1.82, 2.24) is 9.97 Å². The van der Waals surface area contributed by atoms with Crippen LogP contribution in [0.1, 0.15) is 39.0 Å². The summed E-state index contributed by atoms with van der Waals surface area (Å²) in [5.74, 6) is 0.642. The minimum atomic E-state index is -0.150. The van der Waals surface area contributed by atoms with E-state index in [0.717, 1.165) is 17.7 Å². The molecule has 2 rings (SSSR count). The number of hydrogen-bond acceptors (Lipinski definition) is 2. The van der Waals surface area contributed by atoms with Crippen LogP contribution in [-0.4, -0.2) is 9.97 Å². The molecule has 3 nitrogen and oxygen atoms in total. The van der Waals surface area contributed by atoms with Crippen molar-refractivity contribution in [2.45, 2.75) is 39.5 Å². The van der Waals surface area contributed by atoms with Gasteiger partial charge in [-0.05, 0) is 34.6 Å². The molecule has 0 aliphatic rings. The van der Waals surface area contributed by atoms with Crippen LogP contribution < -0.4 is 5.56 Å². The summed E-state index contributed by atoms with van der Waals surface area (Å²) in [7, 11) is 0. The Morgan fingerprint density at radius 3 is 2.30 bits per heavy atom. The quantitative estimate of drug-likeness (QED) is 0.801. The molecule has 0 fully saturated rings. The van der Waals surface area contributed by atoms with E-state index in [9.17, 15) is 4.79 Å². The topological polar surface area (TPSA) is 45.8 Å². The molecule has 1 aromatic heterocycles. The third kappa shape index (κ3) is 3.11. The van der Waals surface area contributed by atoms with Crippen molar-refractivity contribution in [2.24, 2.45) is 0 Å². The molecule has 0 amide bonds. The Hall–Kier alpha value is -1.17. The van der Waals surface area contributed by atoms with Gasteiger partial charge in [-0.1, -0.05) is 52.0 Å². The maximum absolute atomic E-state index is 12.1. The number of nitrogens with one attached hydrogen (secondary N) is 1. The van der Waals surface area contributed by atoms with Gasteiger partial charge >= 0.3 is 0 Å². The molecule has 1 heterocycles. The normalized spacial score (nSPS) is 11.7. The van der Waals surface area contributed by atoms with Crippen LogP contribution >= 0.6 is 22.6 Å². The van der Waals surface area contributed by atoms with Crippen molar-refractivity contribution in [1.29, 1.82) is 0 Å². The summed E-state index contributed by atoms with van der Waals surface area (Å²) in [4.78, 5) is 19.6. The van der Waals surface area contributed by atoms with E-state index in [1.54, 1.807) is 0 Å². The highest BCUT2D eigenvalue weighted by atomic mass is 127. The van der Waals surface area contributed by atoms with Crippen molar-refractivity contribution < 1.29 is 0 Å². The SMILES string of the molecule is CCc1ccc(-c2nc(C(C)(C)C)c(I)c(=O)[nH]2)cc1. The molecule has 0 bridgehead atoms. The number of nitrogens with zero attached hydrogens (tertiary/aromatic N) is 1. The molecule has 0 radical (unpaired) electrons. The van der Waals surface area contributed by atoms with Gasteiger partial charge in [0, 0.05) is 11.0 Å². The predicted octanol–water partition coefficient (Wildman–Crippen LogP) is 3.90. The average molecular weight is 382 g/mol. The Bertz CT molecular complexity index is 666. The third-order valence-electron chi connectivity index (χ3n) is 3.21. The van der Waals surface area contributed by atoms with Gasteiger partial charge in [0.05, 0.1) is 5.69 Å². The number of aromatic nitrogens is 2. The Morgan fingerprint density at radius 1 is 1.20 bits per heavy atom. The molecule has 0 saturated carbocycles. The highest BCUT2D eigenvalue weighted by Gasteiger charge is 2.22. The van der Waals surface area contributed by atoms with E-state index in [1.807, 2.05) is 12.1 Å². The van der Waals surface area contributed by atoms with Crippen molar-refractivity contribution in [3.8, 4) is 11.4 Å². The molecular formula is C16H19IN2O. The summed E-state index contributed by atoms with van der Waals surface area (Å²) in [5, 5.41) is 0. The first-order valence-electron chi connectivity index (χ1n) is 6.72. The number of hydrogen-bond donors (Lipinski definition) is 1. The Labute approximate surface area is 133 Å². The summed E-state index contributed by atoms with van der Waals surface area (Å²) >= 11 is 2.07. The van der Waals surface area contributed by atoms with Gasteiger partial charge in [-0.25, -0.2) is 4.98 Å². The van der Waals surface area contributed by atoms with E-state index < -0.39 is 0 Å². The molecule has 0 atom stereocenters. The molecule has 0 saturated heterocycles. The summed E-state index contributed by atoms with van der Waals surface area (Å²) in [6.07, 6.45) is 1.00. The van der Waals surface area contributed by atoms with E-state index in [0.29, 0.717) is 9.39 Å². The van der Waals surface area contributed by atoms with Crippen LogP contribution in [0.5, 0.6) is 0 Å². The second-order valence-electron chi connectivity index (χ2n) is 5.88.